The van der Waals surface area contributed by atoms with Crippen molar-refractivity contribution in [2.24, 2.45) is 0 Å². The zero-order valence-corrected chi connectivity index (χ0v) is 13.5. The molecule has 0 aromatic heterocycles. The molecule has 0 saturated carbocycles. The minimum absolute atomic E-state index is 0.304. The summed E-state index contributed by atoms with van der Waals surface area (Å²) in [6.45, 7) is 8.65. The molecule has 0 spiro atoms. The first-order valence-electron chi connectivity index (χ1n) is 7.78. The molecule has 0 fully saturated rings. The topological polar surface area (TPSA) is 50.7 Å². The summed E-state index contributed by atoms with van der Waals surface area (Å²) in [7, 11) is 0. The lowest BCUT2D eigenvalue weighted by atomic mass is 10.2. The fourth-order valence-electron chi connectivity index (χ4n) is 1.90. The molecule has 0 radical (unpaired) electrons. The van der Waals surface area contributed by atoms with Crippen molar-refractivity contribution in [3.05, 3.63) is 29.8 Å². The highest BCUT2D eigenvalue weighted by Gasteiger charge is 2.05. The van der Waals surface area contributed by atoms with Crippen LogP contribution in [0, 0.1) is 6.92 Å². The highest BCUT2D eigenvalue weighted by atomic mass is 16.5. The van der Waals surface area contributed by atoms with Gasteiger partial charge in [-0.25, -0.2) is 0 Å². The van der Waals surface area contributed by atoms with Crippen LogP contribution in [0.2, 0.25) is 0 Å². The molecule has 4 heteroatoms. The second-order valence-corrected chi connectivity index (χ2v) is 5.56. The molecule has 0 aliphatic rings. The van der Waals surface area contributed by atoms with Crippen LogP contribution in [0.4, 0.5) is 0 Å². The second kappa shape index (κ2) is 10.6. The van der Waals surface area contributed by atoms with Crippen LogP contribution in [0.25, 0.3) is 0 Å². The molecule has 120 valence electrons. The Bertz CT molecular complexity index is 382. The van der Waals surface area contributed by atoms with Gasteiger partial charge < -0.3 is 19.9 Å². The van der Waals surface area contributed by atoms with Crippen molar-refractivity contribution in [2.45, 2.75) is 45.8 Å². The summed E-state index contributed by atoms with van der Waals surface area (Å²) < 4.78 is 11.1. The predicted octanol–water partition coefficient (Wildman–Crippen LogP) is 2.53. The predicted molar refractivity (Wildman–Crippen MR) is 85.9 cm³/mol. The van der Waals surface area contributed by atoms with Gasteiger partial charge in [-0.05, 0) is 51.8 Å². The van der Waals surface area contributed by atoms with Gasteiger partial charge in [-0.15, -0.1) is 0 Å². The summed E-state index contributed by atoms with van der Waals surface area (Å²) >= 11 is 0. The molecule has 21 heavy (non-hydrogen) atoms. The summed E-state index contributed by atoms with van der Waals surface area (Å²) in [5, 5.41) is 13.1. The van der Waals surface area contributed by atoms with Crippen LogP contribution in [-0.4, -0.2) is 43.6 Å². The monoisotopic (exact) mass is 295 g/mol. The van der Waals surface area contributed by atoms with E-state index in [1.807, 2.05) is 45.0 Å². The van der Waals surface area contributed by atoms with E-state index in [0.717, 1.165) is 37.3 Å². The highest BCUT2D eigenvalue weighted by molar-refractivity contribution is 5.31. The maximum atomic E-state index is 9.86. The quantitative estimate of drug-likeness (QED) is 0.616. The van der Waals surface area contributed by atoms with Crippen molar-refractivity contribution in [3.8, 4) is 5.75 Å². The zero-order chi connectivity index (χ0) is 15.5. The smallest absolute Gasteiger partial charge is 0.122 e. The van der Waals surface area contributed by atoms with Gasteiger partial charge in [-0.3, -0.25) is 0 Å². The SMILES string of the molecule is Cc1ccccc1OCC(O)CNCCCCOC(C)C. The molecule has 0 heterocycles. The van der Waals surface area contributed by atoms with Crippen molar-refractivity contribution in [3.63, 3.8) is 0 Å². The molecule has 1 rings (SSSR count). The summed E-state index contributed by atoms with van der Waals surface area (Å²) in [5.41, 5.74) is 1.09. The third-order valence-electron chi connectivity index (χ3n) is 3.10. The van der Waals surface area contributed by atoms with E-state index >= 15 is 0 Å². The Morgan fingerprint density at radius 2 is 1.95 bits per heavy atom. The van der Waals surface area contributed by atoms with Crippen LogP contribution in [0.5, 0.6) is 5.75 Å². The number of aliphatic hydroxyl groups excluding tert-OH is 1. The molecular weight excluding hydrogens is 266 g/mol. The highest BCUT2D eigenvalue weighted by Crippen LogP contribution is 2.16. The van der Waals surface area contributed by atoms with E-state index in [1.165, 1.54) is 0 Å². The minimum atomic E-state index is -0.489. The minimum Gasteiger partial charge on any atom is -0.491 e. The number of hydrogen-bond donors (Lipinski definition) is 2. The number of unbranched alkanes of at least 4 members (excludes halogenated alkanes) is 1. The summed E-state index contributed by atoms with van der Waals surface area (Å²) in [6, 6.07) is 7.83. The molecule has 1 aromatic carbocycles. The Labute approximate surface area is 128 Å². The summed E-state index contributed by atoms with van der Waals surface area (Å²) in [6.07, 6.45) is 1.91. The number of aliphatic hydroxyl groups is 1. The largest absolute Gasteiger partial charge is 0.491 e. The molecule has 1 atom stereocenters. The lowest BCUT2D eigenvalue weighted by Crippen LogP contribution is -2.32. The van der Waals surface area contributed by atoms with Crippen LogP contribution < -0.4 is 10.1 Å². The maximum Gasteiger partial charge on any atom is 0.122 e. The Kier molecular flexibility index (Phi) is 9.06. The van der Waals surface area contributed by atoms with E-state index in [0.29, 0.717) is 19.3 Å². The molecule has 0 aliphatic heterocycles. The van der Waals surface area contributed by atoms with Crippen LogP contribution >= 0.6 is 0 Å². The lowest BCUT2D eigenvalue weighted by molar-refractivity contribution is 0.0755. The summed E-state index contributed by atoms with van der Waals surface area (Å²) in [5.74, 6) is 0.836. The average Bonchev–Trinajstić information content (AvgIpc) is 2.45. The van der Waals surface area contributed by atoms with Crippen LogP contribution in [0.3, 0.4) is 0 Å². The van der Waals surface area contributed by atoms with Gasteiger partial charge in [-0.2, -0.15) is 0 Å². The van der Waals surface area contributed by atoms with E-state index in [9.17, 15) is 5.11 Å². The van der Waals surface area contributed by atoms with Gasteiger partial charge >= 0.3 is 0 Å². The third-order valence-corrected chi connectivity index (χ3v) is 3.10. The van der Waals surface area contributed by atoms with Crippen LogP contribution in [-0.2, 0) is 4.74 Å². The lowest BCUT2D eigenvalue weighted by Gasteiger charge is -2.14. The van der Waals surface area contributed by atoms with Crippen molar-refractivity contribution in [1.29, 1.82) is 0 Å². The van der Waals surface area contributed by atoms with Gasteiger partial charge in [0.2, 0.25) is 0 Å². The Morgan fingerprint density at radius 3 is 2.67 bits per heavy atom. The van der Waals surface area contributed by atoms with Gasteiger partial charge in [0, 0.05) is 13.2 Å². The first kappa shape index (κ1) is 18.0. The molecule has 0 bridgehead atoms. The van der Waals surface area contributed by atoms with Crippen molar-refractivity contribution >= 4 is 0 Å². The van der Waals surface area contributed by atoms with Crippen LogP contribution in [0.15, 0.2) is 24.3 Å². The maximum absolute atomic E-state index is 9.86. The average molecular weight is 295 g/mol. The molecule has 1 unspecified atom stereocenters. The standard InChI is InChI=1S/C17H29NO3/c1-14(2)20-11-7-6-10-18-12-16(19)13-21-17-9-5-4-8-15(17)3/h4-5,8-9,14,16,18-19H,6-7,10-13H2,1-3H3. The first-order valence-corrected chi connectivity index (χ1v) is 7.78. The van der Waals surface area contributed by atoms with Gasteiger partial charge in [-0.1, -0.05) is 18.2 Å². The molecular formula is C17H29NO3. The van der Waals surface area contributed by atoms with Crippen molar-refractivity contribution in [1.82, 2.24) is 5.32 Å². The van der Waals surface area contributed by atoms with E-state index in [-0.39, 0.29) is 0 Å². The number of hydrogen-bond acceptors (Lipinski definition) is 4. The first-order chi connectivity index (χ1) is 10.1. The van der Waals surface area contributed by atoms with Gasteiger partial charge in [0.25, 0.3) is 0 Å². The number of benzene rings is 1. The Balaban J connectivity index is 2.01. The number of aryl methyl sites for hydroxylation is 1. The fraction of sp³-hybridized carbons (Fsp3) is 0.647. The zero-order valence-electron chi connectivity index (χ0n) is 13.5. The Hall–Kier alpha value is -1.10. The van der Waals surface area contributed by atoms with Crippen molar-refractivity contribution < 1.29 is 14.6 Å². The summed E-state index contributed by atoms with van der Waals surface area (Å²) in [4.78, 5) is 0. The van der Waals surface area contributed by atoms with Crippen LogP contribution in [0.1, 0.15) is 32.3 Å². The van der Waals surface area contributed by atoms with Gasteiger partial charge in [0.05, 0.1) is 6.10 Å². The second-order valence-electron chi connectivity index (χ2n) is 5.56. The number of rotatable bonds is 11. The number of ether oxygens (including phenoxy) is 2. The molecule has 0 saturated heterocycles. The third kappa shape index (κ3) is 8.71. The van der Waals surface area contributed by atoms with Crippen molar-refractivity contribution in [2.75, 3.05) is 26.3 Å². The van der Waals surface area contributed by atoms with E-state index in [2.05, 4.69) is 5.32 Å². The number of para-hydroxylation sites is 1. The van der Waals surface area contributed by atoms with Gasteiger partial charge in [0.1, 0.15) is 18.5 Å². The van der Waals surface area contributed by atoms with Gasteiger partial charge in [0.15, 0.2) is 0 Å². The fourth-order valence-corrected chi connectivity index (χ4v) is 1.90. The molecule has 2 N–H and O–H groups in total. The van der Waals surface area contributed by atoms with E-state index in [1.54, 1.807) is 0 Å². The molecule has 0 aliphatic carbocycles. The molecule has 4 nitrogen and oxygen atoms in total. The molecule has 1 aromatic rings. The van der Waals surface area contributed by atoms with E-state index < -0.39 is 6.10 Å². The number of nitrogens with one attached hydrogen (secondary N) is 1. The Morgan fingerprint density at radius 1 is 1.19 bits per heavy atom. The normalized spacial score (nSPS) is 12.6. The molecule has 0 amide bonds. The van der Waals surface area contributed by atoms with E-state index in [4.69, 9.17) is 9.47 Å².